The Hall–Kier alpha value is -1.06. The van der Waals surface area contributed by atoms with Crippen LogP contribution in [0, 0.1) is 6.92 Å². The van der Waals surface area contributed by atoms with Crippen molar-refractivity contribution in [2.75, 3.05) is 6.54 Å². The molecule has 0 radical (unpaired) electrons. The molecule has 0 bridgehead atoms. The van der Waals surface area contributed by atoms with E-state index in [0.29, 0.717) is 0 Å². The maximum atomic E-state index is 9.39. The second kappa shape index (κ2) is 3.56. The lowest BCUT2D eigenvalue weighted by Crippen LogP contribution is -2.12. The van der Waals surface area contributed by atoms with Crippen molar-refractivity contribution in [3.63, 3.8) is 0 Å². The lowest BCUT2D eigenvalue weighted by Gasteiger charge is -2.10. The molecule has 66 valence electrons. The third kappa shape index (κ3) is 1.75. The summed E-state index contributed by atoms with van der Waals surface area (Å²) in [5.74, 6) is 0.209. The van der Waals surface area contributed by atoms with Crippen molar-refractivity contribution in [3.8, 4) is 5.75 Å². The van der Waals surface area contributed by atoms with Crippen LogP contribution in [0.3, 0.4) is 0 Å². The van der Waals surface area contributed by atoms with Crippen molar-refractivity contribution in [2.45, 2.75) is 13.0 Å². The first kappa shape index (κ1) is 9.03. The van der Waals surface area contributed by atoms with E-state index in [0.717, 1.165) is 11.1 Å². The Morgan fingerprint density at radius 2 is 2.17 bits per heavy atom. The van der Waals surface area contributed by atoms with Gasteiger partial charge in [-0.2, -0.15) is 0 Å². The molecule has 1 rings (SSSR count). The molecule has 1 aromatic rings. The smallest absolute Gasteiger partial charge is 0.115 e. The molecule has 0 aliphatic rings. The second-order valence-electron chi connectivity index (χ2n) is 2.79. The summed E-state index contributed by atoms with van der Waals surface area (Å²) in [4.78, 5) is 0. The van der Waals surface area contributed by atoms with Crippen molar-refractivity contribution < 1.29 is 10.2 Å². The van der Waals surface area contributed by atoms with Gasteiger partial charge in [0.1, 0.15) is 5.75 Å². The SMILES string of the molecule is Cc1cc(O)ccc1[C@@H](O)CN. The van der Waals surface area contributed by atoms with Crippen LogP contribution >= 0.6 is 0 Å². The Labute approximate surface area is 71.5 Å². The normalized spacial score (nSPS) is 12.9. The number of phenols is 1. The summed E-state index contributed by atoms with van der Waals surface area (Å²) in [5, 5.41) is 18.5. The van der Waals surface area contributed by atoms with Gasteiger partial charge in [0.25, 0.3) is 0 Å². The Balaban J connectivity index is 3.01. The first-order valence-corrected chi connectivity index (χ1v) is 3.83. The van der Waals surface area contributed by atoms with Gasteiger partial charge in [0.2, 0.25) is 0 Å². The Bertz CT molecular complexity index is 273. The lowest BCUT2D eigenvalue weighted by molar-refractivity contribution is 0.186. The lowest BCUT2D eigenvalue weighted by atomic mass is 10.0. The zero-order valence-corrected chi connectivity index (χ0v) is 6.99. The van der Waals surface area contributed by atoms with Crippen LogP contribution in [0.2, 0.25) is 0 Å². The van der Waals surface area contributed by atoms with Gasteiger partial charge in [-0.05, 0) is 30.2 Å². The van der Waals surface area contributed by atoms with Crippen molar-refractivity contribution in [1.29, 1.82) is 0 Å². The highest BCUT2D eigenvalue weighted by Crippen LogP contribution is 2.20. The molecule has 4 N–H and O–H groups in total. The van der Waals surface area contributed by atoms with Gasteiger partial charge >= 0.3 is 0 Å². The fourth-order valence-electron chi connectivity index (χ4n) is 1.16. The molecule has 1 atom stereocenters. The van der Waals surface area contributed by atoms with E-state index in [9.17, 15) is 5.11 Å². The molecule has 0 saturated heterocycles. The molecule has 1 aromatic carbocycles. The Morgan fingerprint density at radius 3 is 2.67 bits per heavy atom. The summed E-state index contributed by atoms with van der Waals surface area (Å²) >= 11 is 0. The third-order valence-electron chi connectivity index (χ3n) is 1.84. The van der Waals surface area contributed by atoms with E-state index in [1.807, 2.05) is 6.92 Å². The minimum atomic E-state index is -0.634. The summed E-state index contributed by atoms with van der Waals surface area (Å²) in [6, 6.07) is 4.83. The van der Waals surface area contributed by atoms with E-state index in [2.05, 4.69) is 0 Å². The minimum Gasteiger partial charge on any atom is -0.508 e. The highest BCUT2D eigenvalue weighted by molar-refractivity contribution is 5.35. The summed E-state index contributed by atoms with van der Waals surface area (Å²) in [6.45, 7) is 2.03. The second-order valence-corrected chi connectivity index (χ2v) is 2.79. The predicted octanol–water partition coefficient (Wildman–Crippen LogP) is 0.693. The van der Waals surface area contributed by atoms with E-state index in [1.54, 1.807) is 18.2 Å². The van der Waals surface area contributed by atoms with Crippen LogP contribution in [0.5, 0.6) is 5.75 Å². The molecular formula is C9H13NO2. The highest BCUT2D eigenvalue weighted by atomic mass is 16.3. The van der Waals surface area contributed by atoms with Crippen molar-refractivity contribution >= 4 is 0 Å². The number of phenolic OH excluding ortho intramolecular Hbond substituents is 1. The van der Waals surface area contributed by atoms with Gasteiger partial charge in [-0.25, -0.2) is 0 Å². The van der Waals surface area contributed by atoms with Crippen molar-refractivity contribution in [2.24, 2.45) is 5.73 Å². The van der Waals surface area contributed by atoms with Crippen LogP contribution in [0.1, 0.15) is 17.2 Å². The van der Waals surface area contributed by atoms with Crippen LogP contribution in [-0.4, -0.2) is 16.8 Å². The van der Waals surface area contributed by atoms with Gasteiger partial charge in [-0.3, -0.25) is 0 Å². The highest BCUT2D eigenvalue weighted by Gasteiger charge is 2.07. The Morgan fingerprint density at radius 1 is 1.50 bits per heavy atom. The van der Waals surface area contributed by atoms with Crippen LogP contribution in [0.15, 0.2) is 18.2 Å². The first-order chi connectivity index (χ1) is 5.65. The number of benzene rings is 1. The van der Waals surface area contributed by atoms with Gasteiger partial charge in [-0.1, -0.05) is 6.07 Å². The average Bonchev–Trinajstić information content (AvgIpc) is 2.03. The number of nitrogens with two attached hydrogens (primary N) is 1. The summed E-state index contributed by atoms with van der Waals surface area (Å²) in [7, 11) is 0. The topological polar surface area (TPSA) is 66.5 Å². The fraction of sp³-hybridized carbons (Fsp3) is 0.333. The summed E-state index contributed by atoms with van der Waals surface area (Å²) < 4.78 is 0. The summed E-state index contributed by atoms with van der Waals surface area (Å²) in [6.07, 6.45) is -0.634. The van der Waals surface area contributed by atoms with Gasteiger partial charge in [0.15, 0.2) is 0 Å². The first-order valence-electron chi connectivity index (χ1n) is 3.83. The molecule has 0 spiro atoms. The molecule has 0 heterocycles. The van der Waals surface area contributed by atoms with Crippen LogP contribution < -0.4 is 5.73 Å². The molecule has 0 aliphatic carbocycles. The number of hydrogen-bond donors (Lipinski definition) is 3. The molecule has 0 aromatic heterocycles. The summed E-state index contributed by atoms with van der Waals surface area (Å²) in [5.41, 5.74) is 6.93. The van der Waals surface area contributed by atoms with Crippen molar-refractivity contribution in [3.05, 3.63) is 29.3 Å². The molecular weight excluding hydrogens is 154 g/mol. The van der Waals surface area contributed by atoms with E-state index in [4.69, 9.17) is 10.8 Å². The molecule has 0 saturated carbocycles. The predicted molar refractivity (Wildman–Crippen MR) is 46.9 cm³/mol. The fourth-order valence-corrected chi connectivity index (χ4v) is 1.16. The number of aromatic hydroxyl groups is 1. The van der Waals surface area contributed by atoms with Gasteiger partial charge in [0.05, 0.1) is 6.10 Å². The van der Waals surface area contributed by atoms with Gasteiger partial charge in [-0.15, -0.1) is 0 Å². The quantitative estimate of drug-likeness (QED) is 0.607. The Kier molecular flexibility index (Phi) is 2.68. The monoisotopic (exact) mass is 167 g/mol. The van der Waals surface area contributed by atoms with E-state index < -0.39 is 6.10 Å². The zero-order chi connectivity index (χ0) is 9.14. The molecule has 3 heteroatoms. The standard InChI is InChI=1S/C9H13NO2/c1-6-4-7(11)2-3-8(6)9(12)5-10/h2-4,9,11-12H,5,10H2,1H3/t9-/m0/s1. The molecule has 0 fully saturated rings. The van der Waals surface area contributed by atoms with E-state index >= 15 is 0 Å². The molecule has 0 unspecified atom stereocenters. The van der Waals surface area contributed by atoms with Gasteiger partial charge in [0, 0.05) is 6.54 Å². The third-order valence-corrected chi connectivity index (χ3v) is 1.84. The maximum absolute atomic E-state index is 9.39. The van der Waals surface area contributed by atoms with Crippen LogP contribution in [0.25, 0.3) is 0 Å². The van der Waals surface area contributed by atoms with Crippen LogP contribution in [0.4, 0.5) is 0 Å². The minimum absolute atomic E-state index is 0.200. The number of aliphatic hydroxyl groups is 1. The number of aliphatic hydroxyl groups excluding tert-OH is 1. The molecule has 0 amide bonds. The number of aryl methyl sites for hydroxylation is 1. The molecule has 12 heavy (non-hydrogen) atoms. The molecule has 3 nitrogen and oxygen atoms in total. The largest absolute Gasteiger partial charge is 0.508 e. The van der Waals surface area contributed by atoms with Gasteiger partial charge < -0.3 is 15.9 Å². The number of hydrogen-bond acceptors (Lipinski definition) is 3. The average molecular weight is 167 g/mol. The maximum Gasteiger partial charge on any atom is 0.115 e. The molecule has 0 aliphatic heterocycles. The van der Waals surface area contributed by atoms with Crippen molar-refractivity contribution in [1.82, 2.24) is 0 Å². The van der Waals surface area contributed by atoms with Crippen LogP contribution in [-0.2, 0) is 0 Å². The number of rotatable bonds is 2. The van der Waals surface area contributed by atoms with E-state index in [1.165, 1.54) is 0 Å². The zero-order valence-electron chi connectivity index (χ0n) is 6.99. The van der Waals surface area contributed by atoms with E-state index in [-0.39, 0.29) is 12.3 Å².